The molecule has 5 rings (SSSR count). The zero-order valence-corrected chi connectivity index (χ0v) is 25.2. The molecule has 11 heteroatoms. The Balaban J connectivity index is 1.58. The maximum absolute atomic E-state index is 12.8. The van der Waals surface area contributed by atoms with Crippen LogP contribution in [0.15, 0.2) is 48.6 Å². The van der Waals surface area contributed by atoms with Crippen molar-refractivity contribution < 1.29 is 28.5 Å². The van der Waals surface area contributed by atoms with Gasteiger partial charge in [0.15, 0.2) is 5.60 Å². The molecule has 0 aromatic heterocycles. The summed E-state index contributed by atoms with van der Waals surface area (Å²) in [6.07, 6.45) is 8.84. The number of rotatable bonds is 2. The van der Waals surface area contributed by atoms with Crippen molar-refractivity contribution in [2.45, 2.75) is 63.3 Å². The third kappa shape index (κ3) is 6.85. The van der Waals surface area contributed by atoms with E-state index >= 15 is 0 Å². The van der Waals surface area contributed by atoms with E-state index in [1.165, 1.54) is 0 Å². The molecule has 0 spiro atoms. The fraction of sp³-hybridized carbons (Fsp3) is 0.516. The van der Waals surface area contributed by atoms with Crippen LogP contribution in [0, 0.1) is 11.8 Å². The topological polar surface area (TPSA) is 137 Å². The summed E-state index contributed by atoms with van der Waals surface area (Å²) in [5, 5.41) is 23.3. The van der Waals surface area contributed by atoms with Crippen LogP contribution in [0.25, 0.3) is 0 Å². The quantitative estimate of drug-likeness (QED) is 0.296. The van der Waals surface area contributed by atoms with Crippen molar-refractivity contribution in [2.24, 2.45) is 17.6 Å². The van der Waals surface area contributed by atoms with Crippen molar-refractivity contribution in [2.75, 3.05) is 31.1 Å². The smallest absolute Gasteiger partial charge is 0.255 e. The Morgan fingerprint density at radius 3 is 2.67 bits per heavy atom. The highest BCUT2D eigenvalue weighted by Crippen LogP contribution is 2.42. The minimum Gasteiger partial charge on any atom is -0.487 e. The van der Waals surface area contributed by atoms with E-state index in [1.54, 1.807) is 18.2 Å². The summed E-state index contributed by atoms with van der Waals surface area (Å²) >= 11 is 3.86. The van der Waals surface area contributed by atoms with Gasteiger partial charge in [0.1, 0.15) is 12.4 Å². The highest BCUT2D eigenvalue weighted by Gasteiger charge is 2.41. The maximum Gasteiger partial charge on any atom is 0.255 e. The number of nitrogens with two attached hydrogens (primary N) is 1. The molecule has 1 unspecified atom stereocenters. The predicted molar refractivity (Wildman–Crippen MR) is 163 cm³/mol. The molecule has 2 bridgehead atoms. The molecule has 0 saturated heterocycles. The number of anilines is 1. The number of halogens is 1. The monoisotopic (exact) mass is 617 g/mol. The number of allylic oxidation sites excluding steroid dienone is 1. The number of aliphatic hydroxyl groups is 2. The van der Waals surface area contributed by atoms with Gasteiger partial charge in [0.2, 0.25) is 11.3 Å². The van der Waals surface area contributed by atoms with E-state index in [2.05, 4.69) is 4.90 Å². The zero-order chi connectivity index (χ0) is 29.9. The Kier molecular flexibility index (Phi) is 9.92. The third-order valence-electron chi connectivity index (χ3n) is 8.97. The number of carbonyl (C=O) groups excluding carboxylic acids is 1. The summed E-state index contributed by atoms with van der Waals surface area (Å²) in [5.41, 5.74) is 6.69. The van der Waals surface area contributed by atoms with E-state index in [0.29, 0.717) is 49.0 Å². The van der Waals surface area contributed by atoms with Crippen molar-refractivity contribution >= 4 is 34.5 Å². The molecule has 2 heterocycles. The molecule has 1 aliphatic carbocycles. The van der Waals surface area contributed by atoms with Crippen molar-refractivity contribution in [3.63, 3.8) is 0 Å². The molecule has 5 N–H and O–H groups in total. The van der Waals surface area contributed by atoms with E-state index in [-0.39, 0.29) is 23.9 Å². The second-order valence-corrected chi connectivity index (χ2v) is 13.1. The lowest BCUT2D eigenvalue weighted by atomic mass is 9.70. The Labute approximate surface area is 254 Å². The van der Waals surface area contributed by atoms with E-state index in [9.17, 15) is 23.8 Å². The summed E-state index contributed by atoms with van der Waals surface area (Å²) in [6.45, 7) is 1.40. The minimum absolute atomic E-state index is 0.121. The van der Waals surface area contributed by atoms with Crippen LogP contribution in [0.2, 0.25) is 5.02 Å². The number of nitrogens with zero attached hydrogens (tertiary/aromatic N) is 2. The molecule has 3 aliphatic rings. The normalized spacial score (nSPS) is 29.0. The number of hydrogen-bond acceptors (Lipinski definition) is 6. The van der Waals surface area contributed by atoms with Crippen LogP contribution in [0.1, 0.15) is 55.2 Å². The lowest BCUT2D eigenvalue weighted by Gasteiger charge is -2.43. The fourth-order valence-electron chi connectivity index (χ4n) is 6.29. The van der Waals surface area contributed by atoms with Crippen molar-refractivity contribution in [1.29, 1.82) is 0 Å². The third-order valence-corrected chi connectivity index (χ3v) is 9.96. The molecule has 2 aliphatic heterocycles. The first kappa shape index (κ1) is 31.0. The second-order valence-electron chi connectivity index (χ2n) is 11.7. The Bertz CT molecular complexity index is 1340. The van der Waals surface area contributed by atoms with Crippen molar-refractivity contribution in [1.82, 2.24) is 4.31 Å². The number of benzene rings is 2. The summed E-state index contributed by atoms with van der Waals surface area (Å²) in [7, 11) is 0. The first-order chi connectivity index (χ1) is 20.2. The number of primary amides is 1. The first-order valence-electron chi connectivity index (χ1n) is 14.7. The van der Waals surface area contributed by atoms with Gasteiger partial charge < -0.3 is 25.6 Å². The average molecular weight is 618 g/mol. The van der Waals surface area contributed by atoms with Gasteiger partial charge in [0, 0.05) is 24.7 Å². The molecule has 228 valence electrons. The van der Waals surface area contributed by atoms with Gasteiger partial charge in [-0.25, -0.2) is 4.21 Å². The van der Waals surface area contributed by atoms with Crippen LogP contribution < -0.4 is 15.4 Å². The van der Waals surface area contributed by atoms with Gasteiger partial charge in [-0.15, -0.1) is 0 Å². The van der Waals surface area contributed by atoms with Gasteiger partial charge in [-0.05, 0) is 97.7 Å². The molecule has 42 heavy (non-hydrogen) atoms. The van der Waals surface area contributed by atoms with Crippen LogP contribution in [-0.4, -0.2) is 61.5 Å². The van der Waals surface area contributed by atoms with Crippen molar-refractivity contribution in [3.05, 3.63) is 70.3 Å². The number of amides is 1. The zero-order valence-electron chi connectivity index (χ0n) is 23.7. The summed E-state index contributed by atoms with van der Waals surface area (Å²) in [4.78, 5) is 15.0. The Morgan fingerprint density at radius 1 is 1.10 bits per heavy atom. The molecule has 2 aromatic carbocycles. The Hall–Kier alpha value is -2.47. The largest absolute Gasteiger partial charge is 0.487 e. The summed E-state index contributed by atoms with van der Waals surface area (Å²) < 4.78 is 29.7. The van der Waals surface area contributed by atoms with E-state index in [1.807, 2.05) is 30.4 Å². The lowest BCUT2D eigenvalue weighted by Crippen LogP contribution is -2.50. The molecule has 5 atom stereocenters. The van der Waals surface area contributed by atoms with Gasteiger partial charge in [0.25, 0.3) is 5.91 Å². The van der Waals surface area contributed by atoms with Gasteiger partial charge in [0.05, 0.1) is 18.3 Å². The number of ether oxygens (including phenoxy) is 1. The number of fused-ring (bicyclic) bond motifs is 3. The molecule has 9 nitrogen and oxygen atoms in total. The second kappa shape index (κ2) is 13.4. The van der Waals surface area contributed by atoms with Gasteiger partial charge >= 0.3 is 0 Å². The van der Waals surface area contributed by atoms with E-state index in [4.69, 9.17) is 22.1 Å². The average Bonchev–Trinajstić information content (AvgIpc) is 2.96. The SMILES string of the molecule is NC(=O)[C@@]1(O)CN(S(=O)O)CCC/C=C/[C@H](O)[C@@H]2CC[C@H]2CN2CCCCc3cc(Cl)ccc3COc3ccc1cc32. The Morgan fingerprint density at radius 2 is 1.93 bits per heavy atom. The standard InChI is InChI=1S/C31H40ClN3O6S/c32-25-11-8-23-19-41-29-13-10-24-17-27(29)34(14-5-3-6-21(23)16-25)18-22-9-12-26(22)28(36)7-2-1-4-15-35(42(39)40)20-31(24,38)30(33)37/h2,7-8,10-11,13,16-17,22,26,28,36,38H,1,3-6,9,12,14-15,18-20H2,(H2,33,37)(H,39,40)/b7-2+/t22-,26+,28-,31+/m0/s1. The van der Waals surface area contributed by atoms with E-state index in [0.717, 1.165) is 47.5 Å². The fourth-order valence-corrected chi connectivity index (χ4v) is 7.07. The molecule has 1 fully saturated rings. The summed E-state index contributed by atoms with van der Waals surface area (Å²) in [5.74, 6) is -0.0303. The van der Waals surface area contributed by atoms with Crippen LogP contribution in [0.5, 0.6) is 5.75 Å². The molecule has 1 saturated carbocycles. The van der Waals surface area contributed by atoms with Crippen LogP contribution in [0.4, 0.5) is 5.69 Å². The number of β-amino-alcohol motifs (C(OH)–C–C–N with tert-alkyl or cyclic N) is 1. The number of carbonyl (C=O) groups is 1. The van der Waals surface area contributed by atoms with Crippen LogP contribution in [-0.2, 0) is 34.7 Å². The van der Waals surface area contributed by atoms with Gasteiger partial charge in [-0.2, -0.15) is 4.31 Å². The molecule has 2 aromatic rings. The van der Waals surface area contributed by atoms with E-state index < -0.39 is 35.4 Å². The molecule has 1 amide bonds. The van der Waals surface area contributed by atoms with Crippen LogP contribution in [0.3, 0.4) is 0 Å². The molecular formula is C31H40ClN3O6S. The predicted octanol–water partition coefficient (Wildman–Crippen LogP) is 3.91. The maximum atomic E-state index is 12.8. The number of aryl methyl sites for hydroxylation is 1. The summed E-state index contributed by atoms with van der Waals surface area (Å²) in [6, 6.07) is 10.9. The van der Waals surface area contributed by atoms with Gasteiger partial charge in [-0.1, -0.05) is 35.9 Å². The lowest BCUT2D eigenvalue weighted by molar-refractivity contribution is -0.138. The highest BCUT2D eigenvalue weighted by molar-refractivity contribution is 7.76. The number of hydrogen-bond donors (Lipinski definition) is 4. The van der Waals surface area contributed by atoms with Crippen LogP contribution >= 0.6 is 11.6 Å². The van der Waals surface area contributed by atoms with Crippen molar-refractivity contribution in [3.8, 4) is 5.75 Å². The molecular weight excluding hydrogens is 578 g/mol. The molecule has 0 radical (unpaired) electrons. The van der Waals surface area contributed by atoms with Gasteiger partial charge in [-0.3, -0.25) is 9.35 Å². The number of aliphatic hydroxyl groups excluding tert-OH is 1. The highest BCUT2D eigenvalue weighted by atomic mass is 35.5. The minimum atomic E-state index is -2.44. The first-order valence-corrected chi connectivity index (χ1v) is 16.1.